The second-order valence-corrected chi connectivity index (χ2v) is 6.45. The molecule has 0 saturated heterocycles. The zero-order chi connectivity index (χ0) is 15.4. The second kappa shape index (κ2) is 6.27. The van der Waals surface area contributed by atoms with Crippen LogP contribution < -0.4 is 10.1 Å². The van der Waals surface area contributed by atoms with Crippen molar-refractivity contribution in [3.63, 3.8) is 0 Å². The van der Waals surface area contributed by atoms with Crippen LogP contribution in [-0.4, -0.2) is 30.3 Å². The summed E-state index contributed by atoms with van der Waals surface area (Å²) < 4.78 is 5.10. The van der Waals surface area contributed by atoms with Crippen LogP contribution in [0.4, 0.5) is 0 Å². The van der Waals surface area contributed by atoms with Gasteiger partial charge < -0.3 is 15.2 Å². The third-order valence-electron chi connectivity index (χ3n) is 3.05. The average Bonchev–Trinajstić information content (AvgIpc) is 2.35. The van der Waals surface area contributed by atoms with Gasteiger partial charge in [-0.2, -0.15) is 0 Å². The zero-order valence-electron chi connectivity index (χ0n) is 13.0. The number of hydrogen-bond donors (Lipinski definition) is 2. The quantitative estimate of drug-likeness (QED) is 0.868. The van der Waals surface area contributed by atoms with Crippen molar-refractivity contribution in [3.05, 3.63) is 29.8 Å². The highest BCUT2D eigenvalue weighted by molar-refractivity contribution is 5.81. The molecule has 0 spiro atoms. The van der Waals surface area contributed by atoms with Crippen molar-refractivity contribution in [2.75, 3.05) is 13.7 Å². The van der Waals surface area contributed by atoms with Crippen molar-refractivity contribution in [3.8, 4) is 5.75 Å². The Kier molecular flexibility index (Phi) is 5.17. The molecule has 0 saturated carbocycles. The molecule has 112 valence electrons. The van der Waals surface area contributed by atoms with Crippen LogP contribution in [0.3, 0.4) is 0 Å². The minimum atomic E-state index is -0.977. The standard InChI is InChI=1S/C16H25NO3/c1-15(2,3)14(18)17-11-16(4,19)10-12-6-8-13(20-5)9-7-12/h6-9,19H,10-11H2,1-5H3,(H,17,18)/t16-/m0/s1. The molecule has 1 atom stereocenters. The van der Waals surface area contributed by atoms with Gasteiger partial charge in [-0.1, -0.05) is 32.9 Å². The van der Waals surface area contributed by atoms with Crippen LogP contribution in [-0.2, 0) is 11.2 Å². The first-order chi connectivity index (χ1) is 9.14. The molecule has 0 aliphatic rings. The lowest BCUT2D eigenvalue weighted by molar-refractivity contribution is -0.129. The first kappa shape index (κ1) is 16.5. The van der Waals surface area contributed by atoms with Gasteiger partial charge in [0.05, 0.1) is 12.7 Å². The van der Waals surface area contributed by atoms with Gasteiger partial charge in [0, 0.05) is 18.4 Å². The molecule has 1 rings (SSSR count). The lowest BCUT2D eigenvalue weighted by atomic mass is 9.93. The molecule has 0 aliphatic heterocycles. The Balaban J connectivity index is 2.58. The van der Waals surface area contributed by atoms with Crippen molar-refractivity contribution in [2.45, 2.75) is 39.7 Å². The first-order valence-electron chi connectivity index (χ1n) is 6.78. The predicted octanol–water partition coefficient (Wildman–Crippen LogP) is 2.15. The van der Waals surface area contributed by atoms with Gasteiger partial charge in [0.1, 0.15) is 5.75 Å². The molecule has 0 aromatic heterocycles. The van der Waals surface area contributed by atoms with E-state index in [1.54, 1.807) is 14.0 Å². The lowest BCUT2D eigenvalue weighted by Crippen LogP contribution is -2.45. The predicted molar refractivity (Wildman–Crippen MR) is 79.8 cm³/mol. The Morgan fingerprint density at radius 3 is 2.20 bits per heavy atom. The first-order valence-corrected chi connectivity index (χ1v) is 6.78. The molecular formula is C16H25NO3. The van der Waals surface area contributed by atoms with Gasteiger partial charge in [-0.3, -0.25) is 4.79 Å². The van der Waals surface area contributed by atoms with E-state index >= 15 is 0 Å². The molecular weight excluding hydrogens is 254 g/mol. The fraction of sp³-hybridized carbons (Fsp3) is 0.562. The monoisotopic (exact) mass is 279 g/mol. The maximum atomic E-state index is 11.8. The third kappa shape index (κ3) is 5.21. The van der Waals surface area contributed by atoms with E-state index in [1.807, 2.05) is 45.0 Å². The molecule has 4 heteroatoms. The summed E-state index contributed by atoms with van der Waals surface area (Å²) in [6.45, 7) is 7.50. The number of ether oxygens (including phenoxy) is 1. The van der Waals surface area contributed by atoms with Gasteiger partial charge in [0.25, 0.3) is 0 Å². The summed E-state index contributed by atoms with van der Waals surface area (Å²) in [5, 5.41) is 13.2. The number of methoxy groups -OCH3 is 1. The highest BCUT2D eigenvalue weighted by Crippen LogP contribution is 2.18. The summed E-state index contributed by atoms with van der Waals surface area (Å²) in [7, 11) is 1.62. The minimum absolute atomic E-state index is 0.0625. The van der Waals surface area contributed by atoms with Crippen LogP contribution in [0.1, 0.15) is 33.3 Å². The maximum Gasteiger partial charge on any atom is 0.225 e. The molecule has 0 radical (unpaired) electrons. The molecule has 0 unspecified atom stereocenters. The van der Waals surface area contributed by atoms with E-state index in [-0.39, 0.29) is 12.5 Å². The number of carbonyl (C=O) groups excluding carboxylic acids is 1. The third-order valence-corrected chi connectivity index (χ3v) is 3.05. The number of nitrogens with one attached hydrogen (secondary N) is 1. The van der Waals surface area contributed by atoms with Crippen LogP contribution in [0.25, 0.3) is 0 Å². The largest absolute Gasteiger partial charge is 0.497 e. The zero-order valence-corrected chi connectivity index (χ0v) is 13.0. The normalized spacial score (nSPS) is 14.5. The molecule has 0 aliphatic carbocycles. The maximum absolute atomic E-state index is 11.8. The molecule has 2 N–H and O–H groups in total. The Labute approximate surface area is 121 Å². The molecule has 1 amide bonds. The Morgan fingerprint density at radius 2 is 1.75 bits per heavy atom. The van der Waals surface area contributed by atoms with Crippen molar-refractivity contribution in [1.82, 2.24) is 5.32 Å². The summed E-state index contributed by atoms with van der Waals surface area (Å²) >= 11 is 0. The molecule has 0 heterocycles. The van der Waals surface area contributed by atoms with Crippen molar-refractivity contribution < 1.29 is 14.6 Å². The van der Waals surface area contributed by atoms with Gasteiger partial charge in [-0.15, -0.1) is 0 Å². The number of rotatable bonds is 5. The van der Waals surface area contributed by atoms with E-state index in [0.29, 0.717) is 6.42 Å². The highest BCUT2D eigenvalue weighted by atomic mass is 16.5. The summed E-state index contributed by atoms with van der Waals surface area (Å²) in [6, 6.07) is 7.55. The molecule has 20 heavy (non-hydrogen) atoms. The average molecular weight is 279 g/mol. The minimum Gasteiger partial charge on any atom is -0.497 e. The summed E-state index contributed by atoms with van der Waals surface area (Å²) in [4.78, 5) is 11.8. The van der Waals surface area contributed by atoms with E-state index in [2.05, 4.69) is 5.32 Å². The van der Waals surface area contributed by atoms with Crippen LogP contribution in [0.2, 0.25) is 0 Å². The van der Waals surface area contributed by atoms with Crippen LogP contribution in [0.15, 0.2) is 24.3 Å². The van der Waals surface area contributed by atoms with E-state index in [0.717, 1.165) is 11.3 Å². The van der Waals surface area contributed by atoms with Gasteiger partial charge >= 0.3 is 0 Å². The molecule has 1 aromatic rings. The van der Waals surface area contributed by atoms with Crippen molar-refractivity contribution in [1.29, 1.82) is 0 Å². The lowest BCUT2D eigenvalue weighted by Gasteiger charge is -2.26. The van der Waals surface area contributed by atoms with E-state index in [4.69, 9.17) is 4.74 Å². The topological polar surface area (TPSA) is 58.6 Å². The van der Waals surface area contributed by atoms with Gasteiger partial charge in [0.15, 0.2) is 0 Å². The van der Waals surface area contributed by atoms with Crippen LogP contribution in [0, 0.1) is 5.41 Å². The van der Waals surface area contributed by atoms with Crippen LogP contribution in [0.5, 0.6) is 5.75 Å². The van der Waals surface area contributed by atoms with E-state index in [9.17, 15) is 9.90 Å². The van der Waals surface area contributed by atoms with E-state index in [1.165, 1.54) is 0 Å². The van der Waals surface area contributed by atoms with E-state index < -0.39 is 11.0 Å². The van der Waals surface area contributed by atoms with Gasteiger partial charge in [0.2, 0.25) is 5.91 Å². The highest BCUT2D eigenvalue weighted by Gasteiger charge is 2.26. The van der Waals surface area contributed by atoms with Crippen molar-refractivity contribution >= 4 is 5.91 Å². The molecule has 4 nitrogen and oxygen atoms in total. The number of amides is 1. The smallest absolute Gasteiger partial charge is 0.225 e. The number of hydrogen-bond acceptors (Lipinski definition) is 3. The van der Waals surface area contributed by atoms with Gasteiger partial charge in [-0.25, -0.2) is 0 Å². The molecule has 0 fully saturated rings. The summed E-state index contributed by atoms with van der Waals surface area (Å²) in [6.07, 6.45) is 0.474. The molecule has 0 bridgehead atoms. The Bertz CT molecular complexity index is 444. The molecule has 1 aromatic carbocycles. The summed E-state index contributed by atoms with van der Waals surface area (Å²) in [5.41, 5.74) is -0.424. The summed E-state index contributed by atoms with van der Waals surface area (Å²) in [5.74, 6) is 0.724. The Morgan fingerprint density at radius 1 is 1.20 bits per heavy atom. The fourth-order valence-electron chi connectivity index (χ4n) is 1.78. The SMILES string of the molecule is COc1ccc(C[C@](C)(O)CNC(=O)C(C)(C)C)cc1. The number of aliphatic hydroxyl groups is 1. The number of benzene rings is 1. The second-order valence-electron chi connectivity index (χ2n) is 6.45. The Hall–Kier alpha value is -1.55. The number of carbonyl (C=O) groups is 1. The fourth-order valence-corrected chi connectivity index (χ4v) is 1.78. The van der Waals surface area contributed by atoms with Gasteiger partial charge in [-0.05, 0) is 24.6 Å². The van der Waals surface area contributed by atoms with Crippen LogP contribution >= 0.6 is 0 Å². The van der Waals surface area contributed by atoms with Crippen molar-refractivity contribution in [2.24, 2.45) is 5.41 Å².